The molecule has 0 amide bonds. The summed E-state index contributed by atoms with van der Waals surface area (Å²) in [7, 11) is 0. The second-order valence-corrected chi connectivity index (χ2v) is 7.28. The third-order valence-electron chi connectivity index (χ3n) is 3.24. The van der Waals surface area contributed by atoms with Gasteiger partial charge in [0, 0.05) is 11.6 Å². The fourth-order valence-electron chi connectivity index (χ4n) is 2.13. The standard InChI is InChI=1S/C18H21ClN4OS/c1-12(24)17-8-13(11-25-17)21-10-14(9-20)22-18(2,3)23-16-7-5-4-6-15(16)19/h4-11,22-23H,20H2,1-3H3/b14-9+,21-10?. The number of thiophene rings is 1. The molecule has 0 fully saturated rings. The Hall–Kier alpha value is -2.31. The smallest absolute Gasteiger partial charge is 0.169 e. The normalized spacial score (nSPS) is 12.4. The van der Waals surface area contributed by atoms with Crippen molar-refractivity contribution in [1.82, 2.24) is 5.32 Å². The van der Waals surface area contributed by atoms with Gasteiger partial charge in [-0.1, -0.05) is 23.7 Å². The van der Waals surface area contributed by atoms with Gasteiger partial charge in [-0.25, -0.2) is 0 Å². The number of allylic oxidation sites excluding steroid dienone is 1. The molecule has 0 bridgehead atoms. The first kappa shape index (κ1) is 19.0. The van der Waals surface area contributed by atoms with Crippen molar-refractivity contribution in [2.75, 3.05) is 5.32 Å². The molecule has 1 aromatic carbocycles. The first-order valence-corrected chi connectivity index (χ1v) is 8.93. The minimum absolute atomic E-state index is 0.0317. The summed E-state index contributed by atoms with van der Waals surface area (Å²) in [5.41, 5.74) is 7.36. The number of hydrogen-bond acceptors (Lipinski definition) is 6. The van der Waals surface area contributed by atoms with Crippen LogP contribution in [0, 0.1) is 0 Å². The molecule has 0 unspecified atom stereocenters. The van der Waals surface area contributed by atoms with Crippen molar-refractivity contribution in [3.8, 4) is 0 Å². The molecule has 25 heavy (non-hydrogen) atoms. The van der Waals surface area contributed by atoms with Crippen LogP contribution in [0.5, 0.6) is 0 Å². The summed E-state index contributed by atoms with van der Waals surface area (Å²) in [5, 5.41) is 9.06. The van der Waals surface area contributed by atoms with Crippen molar-refractivity contribution >= 4 is 46.3 Å². The van der Waals surface area contributed by atoms with Crippen LogP contribution in [0.3, 0.4) is 0 Å². The van der Waals surface area contributed by atoms with Gasteiger partial charge in [0.05, 0.1) is 33.2 Å². The average Bonchev–Trinajstić information content (AvgIpc) is 3.02. The van der Waals surface area contributed by atoms with Gasteiger partial charge in [-0.05, 0) is 39.0 Å². The molecular weight excluding hydrogens is 356 g/mol. The van der Waals surface area contributed by atoms with E-state index in [-0.39, 0.29) is 5.78 Å². The zero-order valence-electron chi connectivity index (χ0n) is 14.3. The first-order chi connectivity index (χ1) is 11.8. The number of carbonyl (C=O) groups is 1. The summed E-state index contributed by atoms with van der Waals surface area (Å²) in [6, 6.07) is 9.27. The highest BCUT2D eigenvalue weighted by Crippen LogP contribution is 2.24. The Kier molecular flexibility index (Phi) is 6.22. The minimum atomic E-state index is -0.512. The van der Waals surface area contributed by atoms with Gasteiger partial charge >= 0.3 is 0 Å². The van der Waals surface area contributed by atoms with E-state index in [4.69, 9.17) is 17.3 Å². The zero-order chi connectivity index (χ0) is 18.4. The van der Waals surface area contributed by atoms with E-state index in [1.165, 1.54) is 24.5 Å². The lowest BCUT2D eigenvalue weighted by Gasteiger charge is -2.30. The number of nitrogens with two attached hydrogens (primary N) is 1. The minimum Gasteiger partial charge on any atom is -0.403 e. The van der Waals surface area contributed by atoms with Crippen LogP contribution in [0.2, 0.25) is 5.02 Å². The molecule has 0 radical (unpaired) electrons. The van der Waals surface area contributed by atoms with E-state index < -0.39 is 5.66 Å². The third kappa shape index (κ3) is 5.62. The largest absolute Gasteiger partial charge is 0.403 e. The highest BCUT2D eigenvalue weighted by molar-refractivity contribution is 7.12. The molecule has 0 aliphatic carbocycles. The fourth-order valence-corrected chi connectivity index (χ4v) is 3.05. The van der Waals surface area contributed by atoms with E-state index >= 15 is 0 Å². The molecule has 1 heterocycles. The lowest BCUT2D eigenvalue weighted by Crippen LogP contribution is -2.46. The Morgan fingerprint density at radius 3 is 2.68 bits per heavy atom. The average molecular weight is 377 g/mol. The number of carbonyl (C=O) groups excluding carboxylic acids is 1. The maximum atomic E-state index is 11.3. The van der Waals surface area contributed by atoms with Gasteiger partial charge in [-0.2, -0.15) is 0 Å². The Morgan fingerprint density at radius 1 is 1.36 bits per heavy atom. The molecule has 0 spiro atoms. The van der Waals surface area contributed by atoms with Crippen LogP contribution < -0.4 is 16.4 Å². The number of anilines is 1. The Labute approximate surface area is 156 Å². The van der Waals surface area contributed by atoms with Crippen molar-refractivity contribution in [2.24, 2.45) is 10.7 Å². The predicted molar refractivity (Wildman–Crippen MR) is 107 cm³/mol. The van der Waals surface area contributed by atoms with Crippen LogP contribution in [-0.2, 0) is 0 Å². The second-order valence-electron chi connectivity index (χ2n) is 5.96. The number of ketones is 1. The van der Waals surface area contributed by atoms with Gasteiger partial charge in [0.25, 0.3) is 0 Å². The van der Waals surface area contributed by atoms with Crippen LogP contribution in [-0.4, -0.2) is 17.7 Å². The van der Waals surface area contributed by atoms with Gasteiger partial charge < -0.3 is 16.4 Å². The number of para-hydroxylation sites is 1. The first-order valence-electron chi connectivity index (χ1n) is 7.67. The molecule has 5 nitrogen and oxygen atoms in total. The van der Waals surface area contributed by atoms with Crippen LogP contribution in [0.15, 0.2) is 52.6 Å². The second kappa shape index (κ2) is 8.18. The molecule has 2 rings (SSSR count). The monoisotopic (exact) mass is 376 g/mol. The summed E-state index contributed by atoms with van der Waals surface area (Å²) >= 11 is 7.56. The molecule has 0 aliphatic heterocycles. The quantitative estimate of drug-likeness (QED) is 0.376. The molecule has 4 N–H and O–H groups in total. The number of benzene rings is 1. The molecule has 7 heteroatoms. The van der Waals surface area contributed by atoms with E-state index in [0.29, 0.717) is 21.3 Å². The summed E-state index contributed by atoms with van der Waals surface area (Å²) in [6.45, 7) is 5.47. The van der Waals surface area contributed by atoms with Crippen molar-refractivity contribution < 1.29 is 4.79 Å². The Balaban J connectivity index is 2.06. The Morgan fingerprint density at radius 2 is 2.08 bits per heavy atom. The number of halogens is 1. The molecule has 2 aromatic rings. The van der Waals surface area contributed by atoms with E-state index in [2.05, 4.69) is 15.6 Å². The topological polar surface area (TPSA) is 79.5 Å². The molecule has 0 atom stereocenters. The molecule has 132 valence electrons. The summed E-state index contributed by atoms with van der Waals surface area (Å²) in [6.07, 6.45) is 3.07. The molecular formula is C18H21ClN4OS. The number of aliphatic imine (C=N–C) groups is 1. The number of nitrogens with zero attached hydrogens (tertiary/aromatic N) is 1. The lowest BCUT2D eigenvalue weighted by molar-refractivity contribution is 0.102. The van der Waals surface area contributed by atoms with Gasteiger partial charge in [0.1, 0.15) is 5.66 Å². The van der Waals surface area contributed by atoms with Crippen molar-refractivity contribution in [3.63, 3.8) is 0 Å². The fraction of sp³-hybridized carbons (Fsp3) is 0.222. The van der Waals surface area contributed by atoms with Crippen LogP contribution in [0.25, 0.3) is 0 Å². The predicted octanol–water partition coefficient (Wildman–Crippen LogP) is 4.54. The number of Topliss-reactive ketones (excluding diaryl/α,β-unsaturated/α-hetero) is 1. The number of rotatable bonds is 7. The summed E-state index contributed by atoms with van der Waals surface area (Å²) in [4.78, 5) is 16.4. The van der Waals surface area contributed by atoms with Gasteiger partial charge in [-0.15, -0.1) is 11.3 Å². The van der Waals surface area contributed by atoms with Crippen LogP contribution in [0.1, 0.15) is 30.4 Å². The number of nitrogens with one attached hydrogen (secondary N) is 2. The van der Waals surface area contributed by atoms with Crippen LogP contribution >= 0.6 is 22.9 Å². The highest BCUT2D eigenvalue weighted by atomic mass is 35.5. The maximum Gasteiger partial charge on any atom is 0.169 e. The van der Waals surface area contributed by atoms with Crippen LogP contribution in [0.4, 0.5) is 11.4 Å². The summed E-state index contributed by atoms with van der Waals surface area (Å²) < 4.78 is 0. The third-order valence-corrected chi connectivity index (χ3v) is 4.59. The molecule has 0 saturated heterocycles. The maximum absolute atomic E-state index is 11.3. The SMILES string of the molecule is CC(=O)c1cc(N=C/C(=C\N)NC(C)(C)Nc2ccccc2Cl)cs1. The van der Waals surface area contributed by atoms with E-state index in [0.717, 1.165) is 5.69 Å². The highest BCUT2D eigenvalue weighted by Gasteiger charge is 2.18. The van der Waals surface area contributed by atoms with Gasteiger partial charge in [0.2, 0.25) is 0 Å². The molecule has 0 aliphatic rings. The molecule has 0 saturated carbocycles. The van der Waals surface area contributed by atoms with Gasteiger partial charge in [-0.3, -0.25) is 9.79 Å². The van der Waals surface area contributed by atoms with E-state index in [1.54, 1.807) is 12.3 Å². The van der Waals surface area contributed by atoms with Crippen molar-refractivity contribution in [3.05, 3.63) is 57.5 Å². The van der Waals surface area contributed by atoms with Gasteiger partial charge in [0.15, 0.2) is 5.78 Å². The van der Waals surface area contributed by atoms with E-state index in [9.17, 15) is 4.79 Å². The van der Waals surface area contributed by atoms with Crippen molar-refractivity contribution in [2.45, 2.75) is 26.4 Å². The lowest BCUT2D eigenvalue weighted by atomic mass is 10.2. The van der Waals surface area contributed by atoms with Crippen molar-refractivity contribution in [1.29, 1.82) is 0 Å². The van der Waals surface area contributed by atoms with E-state index in [1.807, 2.05) is 43.5 Å². The number of hydrogen-bond donors (Lipinski definition) is 3. The Bertz CT molecular complexity index is 811. The summed E-state index contributed by atoms with van der Waals surface area (Å²) in [5.74, 6) is 0.0317. The zero-order valence-corrected chi connectivity index (χ0v) is 15.9. The molecule has 1 aromatic heterocycles.